The number of ether oxygens (including phenoxy) is 2. The lowest BCUT2D eigenvalue weighted by molar-refractivity contribution is 0.0643. The molecule has 0 saturated carbocycles. The largest absolute Gasteiger partial charge is 0.493 e. The molecule has 0 radical (unpaired) electrons. The second-order valence-electron chi connectivity index (χ2n) is 5.37. The van der Waals surface area contributed by atoms with Gasteiger partial charge in [0.1, 0.15) is 0 Å². The first-order chi connectivity index (χ1) is 10.7. The van der Waals surface area contributed by atoms with Gasteiger partial charge in [-0.2, -0.15) is 0 Å². The van der Waals surface area contributed by atoms with Gasteiger partial charge in [-0.1, -0.05) is 0 Å². The Morgan fingerprint density at radius 3 is 2.64 bits per heavy atom. The van der Waals surface area contributed by atoms with Gasteiger partial charge in [0.05, 0.1) is 20.3 Å². The summed E-state index contributed by atoms with van der Waals surface area (Å²) < 4.78 is 12.7. The first-order valence-corrected chi connectivity index (χ1v) is 7.33. The number of nitrogens with zero attached hydrogens (tertiary/aromatic N) is 2. The topological polar surface area (TPSA) is 43.7 Å². The fraction of sp³-hybridized carbons (Fsp3) is 0.353. The molecule has 0 spiro atoms. The predicted octanol–water partition coefficient (Wildman–Crippen LogP) is 2.72. The van der Waals surface area contributed by atoms with E-state index in [9.17, 15) is 4.79 Å². The lowest BCUT2D eigenvalue weighted by Crippen LogP contribution is -2.40. The third kappa shape index (κ3) is 2.32. The Morgan fingerprint density at radius 1 is 1.14 bits per heavy atom. The minimum Gasteiger partial charge on any atom is -0.493 e. The highest BCUT2D eigenvalue weighted by Gasteiger charge is 2.28. The zero-order valence-corrected chi connectivity index (χ0v) is 13.1. The van der Waals surface area contributed by atoms with Gasteiger partial charge in [0.2, 0.25) is 0 Å². The quantitative estimate of drug-likeness (QED) is 0.875. The van der Waals surface area contributed by atoms with Gasteiger partial charge in [-0.15, -0.1) is 0 Å². The van der Waals surface area contributed by atoms with Crippen LogP contribution in [0.2, 0.25) is 0 Å². The molecule has 5 nitrogen and oxygen atoms in total. The Morgan fingerprint density at radius 2 is 1.91 bits per heavy atom. The Hall–Kier alpha value is -2.43. The molecule has 1 atom stereocenters. The van der Waals surface area contributed by atoms with Crippen LogP contribution in [0.1, 0.15) is 29.0 Å². The number of hydrogen-bond donors (Lipinski definition) is 0. The van der Waals surface area contributed by atoms with E-state index in [1.165, 1.54) is 5.69 Å². The predicted molar refractivity (Wildman–Crippen MR) is 83.4 cm³/mol. The van der Waals surface area contributed by atoms with Crippen LogP contribution in [0.4, 0.5) is 0 Å². The Labute approximate surface area is 130 Å². The molecule has 0 aliphatic carbocycles. The van der Waals surface area contributed by atoms with Crippen molar-refractivity contribution in [3.63, 3.8) is 0 Å². The molecule has 3 rings (SSSR count). The van der Waals surface area contributed by atoms with Crippen molar-refractivity contribution in [2.75, 3.05) is 20.8 Å². The molecule has 2 heterocycles. The van der Waals surface area contributed by atoms with E-state index in [1.54, 1.807) is 32.4 Å². The van der Waals surface area contributed by atoms with E-state index >= 15 is 0 Å². The van der Waals surface area contributed by atoms with Crippen LogP contribution < -0.4 is 9.47 Å². The van der Waals surface area contributed by atoms with Crippen molar-refractivity contribution in [2.24, 2.45) is 0 Å². The maximum atomic E-state index is 12.8. The molecule has 5 heteroatoms. The van der Waals surface area contributed by atoms with Crippen molar-refractivity contribution < 1.29 is 14.3 Å². The summed E-state index contributed by atoms with van der Waals surface area (Å²) in [6.45, 7) is 3.59. The van der Waals surface area contributed by atoms with Gasteiger partial charge < -0.3 is 18.9 Å². The first-order valence-electron chi connectivity index (χ1n) is 7.33. The highest BCUT2D eigenvalue weighted by atomic mass is 16.5. The number of carbonyl (C=O) groups excluding carboxylic acids is 1. The first kappa shape index (κ1) is 14.5. The summed E-state index contributed by atoms with van der Waals surface area (Å²) in [5, 5.41) is 0. The second kappa shape index (κ2) is 5.75. The molecule has 22 heavy (non-hydrogen) atoms. The molecule has 1 aromatic heterocycles. The number of benzene rings is 1. The number of carbonyl (C=O) groups is 1. The van der Waals surface area contributed by atoms with Crippen LogP contribution in [0.15, 0.2) is 36.5 Å². The molecule has 0 bridgehead atoms. The normalized spacial score (nSPS) is 17.0. The van der Waals surface area contributed by atoms with E-state index in [0.29, 0.717) is 23.6 Å². The Kier molecular flexibility index (Phi) is 3.79. The highest BCUT2D eigenvalue weighted by Crippen LogP contribution is 2.31. The molecular weight excluding hydrogens is 280 g/mol. The lowest BCUT2D eigenvalue weighted by Gasteiger charge is -2.35. The van der Waals surface area contributed by atoms with E-state index in [1.807, 2.05) is 11.0 Å². The van der Waals surface area contributed by atoms with E-state index in [-0.39, 0.29) is 11.9 Å². The summed E-state index contributed by atoms with van der Waals surface area (Å²) in [5.74, 6) is 1.21. The zero-order chi connectivity index (χ0) is 15.7. The van der Waals surface area contributed by atoms with Gasteiger partial charge in [-0.25, -0.2) is 0 Å². The minimum absolute atomic E-state index is 0.0147. The van der Waals surface area contributed by atoms with E-state index in [2.05, 4.69) is 23.8 Å². The van der Waals surface area contributed by atoms with Crippen LogP contribution >= 0.6 is 0 Å². The molecule has 1 aromatic carbocycles. The minimum atomic E-state index is 0.0147. The van der Waals surface area contributed by atoms with E-state index in [0.717, 1.165) is 6.54 Å². The third-order valence-corrected chi connectivity index (χ3v) is 4.23. The molecular formula is C17H20N2O3. The number of methoxy groups -OCH3 is 2. The standard InChI is InChI=1S/C17H20N2O3/c1-12-14-5-4-8-18(14)9-10-19(12)17(20)13-6-7-15(21-2)16(11-13)22-3/h4-8,11-12H,9-10H2,1-3H3. The van der Waals surface area contributed by atoms with Crippen molar-refractivity contribution in [1.82, 2.24) is 9.47 Å². The molecule has 0 saturated heterocycles. The lowest BCUT2D eigenvalue weighted by atomic mass is 10.1. The van der Waals surface area contributed by atoms with Gasteiger partial charge in [0.25, 0.3) is 5.91 Å². The summed E-state index contributed by atoms with van der Waals surface area (Å²) in [6.07, 6.45) is 2.06. The van der Waals surface area contributed by atoms with E-state index in [4.69, 9.17) is 9.47 Å². The monoisotopic (exact) mass is 300 g/mol. The van der Waals surface area contributed by atoms with Gasteiger partial charge in [0, 0.05) is 30.5 Å². The van der Waals surface area contributed by atoms with Gasteiger partial charge in [0.15, 0.2) is 11.5 Å². The summed E-state index contributed by atoms with van der Waals surface area (Å²) in [7, 11) is 3.16. The van der Waals surface area contributed by atoms with Gasteiger partial charge >= 0.3 is 0 Å². The van der Waals surface area contributed by atoms with Crippen LogP contribution in [-0.4, -0.2) is 36.1 Å². The fourth-order valence-electron chi connectivity index (χ4n) is 2.99. The van der Waals surface area contributed by atoms with Gasteiger partial charge in [-0.3, -0.25) is 4.79 Å². The molecule has 0 N–H and O–H groups in total. The van der Waals surface area contributed by atoms with Crippen LogP contribution in [0, 0.1) is 0 Å². The third-order valence-electron chi connectivity index (χ3n) is 4.23. The number of rotatable bonds is 3. The van der Waals surface area contributed by atoms with Crippen molar-refractivity contribution in [3.8, 4) is 11.5 Å². The van der Waals surface area contributed by atoms with Crippen molar-refractivity contribution in [2.45, 2.75) is 19.5 Å². The molecule has 1 amide bonds. The van der Waals surface area contributed by atoms with Crippen molar-refractivity contribution >= 4 is 5.91 Å². The van der Waals surface area contributed by atoms with Crippen molar-refractivity contribution in [3.05, 3.63) is 47.8 Å². The van der Waals surface area contributed by atoms with Crippen LogP contribution in [0.5, 0.6) is 11.5 Å². The SMILES string of the molecule is COc1ccc(C(=O)N2CCn3cccc3C2C)cc1OC. The summed E-state index contributed by atoms with van der Waals surface area (Å²) in [5.41, 5.74) is 1.78. The number of amides is 1. The summed E-state index contributed by atoms with van der Waals surface area (Å²) in [6, 6.07) is 9.44. The molecule has 1 aliphatic heterocycles. The molecule has 116 valence electrons. The smallest absolute Gasteiger partial charge is 0.254 e. The van der Waals surface area contributed by atoms with Gasteiger partial charge in [-0.05, 0) is 37.3 Å². The highest BCUT2D eigenvalue weighted by molar-refractivity contribution is 5.95. The molecule has 1 unspecified atom stereocenters. The number of aromatic nitrogens is 1. The molecule has 0 fully saturated rings. The number of fused-ring (bicyclic) bond motifs is 1. The Bertz CT molecular complexity index is 693. The van der Waals surface area contributed by atoms with Crippen LogP contribution in [-0.2, 0) is 6.54 Å². The van der Waals surface area contributed by atoms with Crippen LogP contribution in [0.25, 0.3) is 0 Å². The fourth-order valence-corrected chi connectivity index (χ4v) is 2.99. The average Bonchev–Trinajstić information content (AvgIpc) is 3.03. The molecule has 2 aromatic rings. The summed E-state index contributed by atoms with van der Waals surface area (Å²) >= 11 is 0. The molecule has 1 aliphatic rings. The number of hydrogen-bond acceptors (Lipinski definition) is 3. The summed E-state index contributed by atoms with van der Waals surface area (Å²) in [4.78, 5) is 14.7. The maximum absolute atomic E-state index is 12.8. The van der Waals surface area contributed by atoms with Crippen molar-refractivity contribution in [1.29, 1.82) is 0 Å². The maximum Gasteiger partial charge on any atom is 0.254 e. The van der Waals surface area contributed by atoms with Crippen LogP contribution in [0.3, 0.4) is 0 Å². The second-order valence-corrected chi connectivity index (χ2v) is 5.37. The Balaban J connectivity index is 1.88. The zero-order valence-electron chi connectivity index (χ0n) is 13.1. The van der Waals surface area contributed by atoms with E-state index < -0.39 is 0 Å². The average molecular weight is 300 g/mol.